The molecule has 5 heterocycles. The molecule has 5 aliphatic rings. The van der Waals surface area contributed by atoms with E-state index in [4.69, 9.17) is 33.2 Å². The summed E-state index contributed by atoms with van der Waals surface area (Å²) in [6.45, 7) is 15.4. The van der Waals surface area contributed by atoms with Crippen molar-refractivity contribution in [3.8, 4) is 0 Å². The molecule has 87 heavy (non-hydrogen) atoms. The third-order valence-corrected chi connectivity index (χ3v) is 18.3. The summed E-state index contributed by atoms with van der Waals surface area (Å²) in [4.78, 5) is 112. The van der Waals surface area contributed by atoms with Crippen LogP contribution in [-0.4, -0.2) is 194 Å². The molecule has 1 aliphatic carbocycles. The highest BCUT2D eigenvalue weighted by Gasteiger charge is 2.53. The first-order chi connectivity index (χ1) is 41.5. The molecule has 0 spiro atoms. The number of nitrogens with zero attached hydrogens (tertiary/aromatic N) is 5. The largest absolute Gasteiger partial charge is 0.460 e. The molecule has 1 aromatic rings. The quantitative estimate of drug-likeness (QED) is 0.107. The summed E-state index contributed by atoms with van der Waals surface area (Å²) in [6.07, 6.45) is 13.1. The number of aliphatic hydroxyl groups is 2. The van der Waals surface area contributed by atoms with E-state index in [0.29, 0.717) is 120 Å². The molecule has 3 amide bonds. The van der Waals surface area contributed by atoms with Crippen LogP contribution in [0.5, 0.6) is 0 Å². The van der Waals surface area contributed by atoms with Gasteiger partial charge in [0.25, 0.3) is 11.7 Å². The molecule has 22 nitrogen and oxygen atoms in total. The Balaban J connectivity index is 1.17. The van der Waals surface area contributed by atoms with Gasteiger partial charge in [0, 0.05) is 116 Å². The van der Waals surface area contributed by atoms with Gasteiger partial charge < -0.3 is 63.4 Å². The molecule has 22 heteroatoms. The van der Waals surface area contributed by atoms with Crippen molar-refractivity contribution in [2.75, 3.05) is 72.7 Å². The molecule has 6 rings (SSSR count). The number of allylic oxidation sites excluding steroid dienone is 6. The smallest absolute Gasteiger partial charge is 0.407 e. The normalized spacial score (nSPS) is 34.1. The third kappa shape index (κ3) is 19.4. The summed E-state index contributed by atoms with van der Waals surface area (Å²) >= 11 is 0. The van der Waals surface area contributed by atoms with Crippen LogP contribution in [0.2, 0.25) is 0 Å². The number of methoxy groups -OCH3 is 4. The highest BCUT2D eigenvalue weighted by Crippen LogP contribution is 2.38. The number of aliphatic hydroxyl groups excluding tert-OH is 1. The number of aromatic nitrogens is 2. The fourth-order valence-electron chi connectivity index (χ4n) is 12.7. The highest BCUT2D eigenvalue weighted by molar-refractivity contribution is 6.39. The highest BCUT2D eigenvalue weighted by atomic mass is 16.6. The lowest BCUT2D eigenvalue weighted by Crippen LogP contribution is -2.61. The first-order valence-electron chi connectivity index (χ1n) is 31.3. The molecule has 484 valence electrons. The molecule has 15 atom stereocenters. The number of rotatable bonds is 13. The van der Waals surface area contributed by atoms with Crippen LogP contribution in [0.4, 0.5) is 10.7 Å². The predicted octanol–water partition coefficient (Wildman–Crippen LogP) is 6.59. The van der Waals surface area contributed by atoms with Crippen molar-refractivity contribution in [2.45, 2.75) is 193 Å². The maximum absolute atomic E-state index is 14.7. The van der Waals surface area contributed by atoms with Crippen LogP contribution in [-0.2, 0) is 68.5 Å². The number of Topliss-reactive ketones (excluding diaryl/α,β-unsaturated/α-hetero) is 3. The van der Waals surface area contributed by atoms with Crippen molar-refractivity contribution in [1.82, 2.24) is 25.1 Å². The van der Waals surface area contributed by atoms with Gasteiger partial charge in [0.05, 0.1) is 31.3 Å². The van der Waals surface area contributed by atoms with Gasteiger partial charge in [-0.15, -0.1) is 0 Å². The molecule has 0 aromatic carbocycles. The maximum atomic E-state index is 14.7. The Hall–Kier alpha value is -5.75. The van der Waals surface area contributed by atoms with E-state index in [1.54, 1.807) is 67.5 Å². The number of fused-ring (bicyclic) bond motifs is 3. The Bertz CT molecular complexity index is 2600. The summed E-state index contributed by atoms with van der Waals surface area (Å²) in [6, 6.07) is -1.20. The maximum Gasteiger partial charge on any atom is 0.407 e. The van der Waals surface area contributed by atoms with E-state index in [1.807, 2.05) is 61.0 Å². The van der Waals surface area contributed by atoms with E-state index in [2.05, 4.69) is 15.3 Å². The Labute approximate surface area is 514 Å². The SMILES string of the molecule is COCCC(=O)N1CCN(c2ncc(CNC(=O)O[C@@H]3CC[C@@H](C[C@@H](C)[C@@H]4CC(=O)[C@H](C)/C=C(\C)[C@@H](O)[C@@H](OC)C(=O)[C@H](C)C[C@H](C)/C=C/C=C/C=C(\C)[C@@H](OC)C[C@@H]5CC[C@@H](C)[C@@](O)(O5)C(=O)C(=O)N5CCCC[C@H]5C(=O)O4)C[C@H]3OC)cn2)CC1. The lowest BCUT2D eigenvalue weighted by molar-refractivity contribution is -0.265. The number of anilines is 1. The fourth-order valence-corrected chi connectivity index (χ4v) is 12.7. The zero-order valence-electron chi connectivity index (χ0n) is 53.2. The fraction of sp³-hybridized carbons (Fsp3) is 0.708. The van der Waals surface area contributed by atoms with Gasteiger partial charge in [-0.2, -0.15) is 0 Å². The van der Waals surface area contributed by atoms with Gasteiger partial charge in [-0.3, -0.25) is 24.0 Å². The number of ketones is 3. The first-order valence-corrected chi connectivity index (χ1v) is 31.3. The Morgan fingerprint density at radius 2 is 1.55 bits per heavy atom. The van der Waals surface area contributed by atoms with Crippen LogP contribution >= 0.6 is 0 Å². The second-order valence-corrected chi connectivity index (χ2v) is 24.8. The van der Waals surface area contributed by atoms with E-state index in [9.17, 15) is 43.8 Å². The predicted molar refractivity (Wildman–Crippen MR) is 324 cm³/mol. The average Bonchev–Trinajstić information content (AvgIpc) is 1.06. The van der Waals surface area contributed by atoms with Gasteiger partial charge in [0.15, 0.2) is 5.78 Å². The Morgan fingerprint density at radius 1 is 0.828 bits per heavy atom. The number of carbonyl (C=O) groups is 7. The second-order valence-electron chi connectivity index (χ2n) is 24.8. The van der Waals surface area contributed by atoms with E-state index >= 15 is 0 Å². The molecule has 1 saturated carbocycles. The molecule has 0 unspecified atom stereocenters. The average molecular weight is 1220 g/mol. The minimum Gasteiger partial charge on any atom is -0.460 e. The third-order valence-electron chi connectivity index (χ3n) is 18.3. The number of carbonyl (C=O) groups excluding carboxylic acids is 7. The zero-order valence-corrected chi connectivity index (χ0v) is 53.2. The molecule has 3 saturated heterocycles. The van der Waals surface area contributed by atoms with Crippen molar-refractivity contribution < 1.29 is 76.9 Å². The van der Waals surface area contributed by atoms with Gasteiger partial charge in [-0.05, 0) is 107 Å². The molecule has 3 N–H and O–H groups in total. The van der Waals surface area contributed by atoms with Crippen LogP contribution in [0.15, 0.2) is 60.0 Å². The van der Waals surface area contributed by atoms with Gasteiger partial charge in [-0.25, -0.2) is 19.6 Å². The van der Waals surface area contributed by atoms with Gasteiger partial charge in [0.2, 0.25) is 17.6 Å². The molecular formula is C65H98N6O16. The molecule has 1 aromatic heterocycles. The summed E-state index contributed by atoms with van der Waals surface area (Å²) in [7, 11) is 6.06. The van der Waals surface area contributed by atoms with E-state index in [0.717, 1.165) is 5.57 Å². The number of amides is 3. The van der Waals surface area contributed by atoms with Crippen molar-refractivity contribution in [1.29, 1.82) is 0 Å². The molecular weight excluding hydrogens is 1120 g/mol. The van der Waals surface area contributed by atoms with Crippen molar-refractivity contribution in [2.24, 2.45) is 35.5 Å². The number of hydrogen-bond donors (Lipinski definition) is 3. The van der Waals surface area contributed by atoms with Crippen LogP contribution in [0.3, 0.4) is 0 Å². The van der Waals surface area contributed by atoms with E-state index in [1.165, 1.54) is 12.0 Å². The van der Waals surface area contributed by atoms with Gasteiger partial charge in [0.1, 0.15) is 36.2 Å². The number of hydrogen-bond acceptors (Lipinski definition) is 19. The van der Waals surface area contributed by atoms with Crippen LogP contribution in [0.25, 0.3) is 0 Å². The minimum absolute atomic E-state index is 0.0103. The summed E-state index contributed by atoms with van der Waals surface area (Å²) in [5.41, 5.74) is 1.88. The number of nitrogens with one attached hydrogen (secondary N) is 1. The first kappa shape index (κ1) is 70.3. The topological polar surface area (TPSA) is 272 Å². The van der Waals surface area contributed by atoms with Gasteiger partial charge in [-0.1, -0.05) is 71.1 Å². The standard InChI is InChI=1S/C65H98N6O16/c1-40-17-13-12-14-18-41(2)53(82-9)35-49-22-20-46(7)65(80,87-49)60(76)61(77)71-25-16-15-19-50(71)62(78)85-54(36-51(72)42(3)32-45(6)58(75)59(84-11)57(74)44(5)31-40)43(4)33-47-21-23-52(55(34-47)83-10)86-64(79)68-39-48-37-66-63(67-38-48)70-28-26-69(27-29-70)56(73)24-30-81-8/h12-14,17-18,32,37-38,40,42-44,46-47,49-50,52-55,58-59,75,80H,15-16,19-31,33-36,39H2,1-11H3,(H,68,79)/b14-12+,17-13+,41-18+,45-32+/t40-,42-,43-,44-,46-,47+,49+,50+,52-,53+,54+,55-,58-,59+,65-/m1/s1. The van der Waals surface area contributed by atoms with Crippen LogP contribution in [0, 0.1) is 35.5 Å². The van der Waals surface area contributed by atoms with Crippen molar-refractivity contribution in [3.63, 3.8) is 0 Å². The van der Waals surface area contributed by atoms with Crippen molar-refractivity contribution in [3.05, 3.63) is 65.6 Å². The monoisotopic (exact) mass is 1220 g/mol. The number of cyclic esters (lactones) is 1. The minimum atomic E-state index is -2.47. The van der Waals surface area contributed by atoms with Crippen LogP contribution < -0.4 is 10.2 Å². The number of piperidine rings is 1. The van der Waals surface area contributed by atoms with E-state index < -0.39 is 102 Å². The number of esters is 1. The Kier molecular flexibility index (Phi) is 27.3. The van der Waals surface area contributed by atoms with E-state index in [-0.39, 0.29) is 55.2 Å². The second kappa shape index (κ2) is 33.7. The van der Waals surface area contributed by atoms with Crippen molar-refractivity contribution >= 4 is 47.2 Å². The summed E-state index contributed by atoms with van der Waals surface area (Å²) in [5, 5.41) is 26.5. The number of ether oxygens (including phenoxy) is 7. The molecule has 0 radical (unpaired) electrons. The zero-order chi connectivity index (χ0) is 63.5. The summed E-state index contributed by atoms with van der Waals surface area (Å²) in [5.74, 6) is -7.99. The summed E-state index contributed by atoms with van der Waals surface area (Å²) < 4.78 is 41.0. The lowest BCUT2D eigenvalue weighted by Gasteiger charge is -2.42. The van der Waals surface area contributed by atoms with Gasteiger partial charge >= 0.3 is 12.1 Å². The molecule has 4 fully saturated rings. The molecule has 4 aliphatic heterocycles. The Morgan fingerprint density at radius 3 is 2.23 bits per heavy atom. The lowest BCUT2D eigenvalue weighted by atomic mass is 9.78. The van der Waals surface area contributed by atoms with Crippen LogP contribution in [0.1, 0.15) is 138 Å². The number of alkyl carbamates (subject to hydrolysis) is 1. The number of piperazine rings is 1. The molecule has 2 bridgehead atoms.